The van der Waals surface area contributed by atoms with Crippen LogP contribution in [-0.2, 0) is 0 Å². The van der Waals surface area contributed by atoms with E-state index in [1.165, 1.54) is 47.8 Å². The molecule has 1 aliphatic rings. The van der Waals surface area contributed by atoms with Gasteiger partial charge in [-0.05, 0) is 0 Å². The van der Waals surface area contributed by atoms with E-state index in [0.29, 0.717) is 0 Å². The van der Waals surface area contributed by atoms with E-state index < -0.39 is 27.6 Å². The summed E-state index contributed by atoms with van der Waals surface area (Å²) in [6, 6.07) is 82.3. The quantitative estimate of drug-likeness (QED) is 0.142. The molecule has 0 saturated heterocycles. The molecule has 0 unspecified atom stereocenters. The van der Waals surface area contributed by atoms with Crippen molar-refractivity contribution in [3.8, 4) is 22.3 Å². The van der Waals surface area contributed by atoms with Crippen LogP contribution < -0.4 is 23.0 Å². The van der Waals surface area contributed by atoms with E-state index in [0.717, 1.165) is 82.8 Å². The van der Waals surface area contributed by atoms with Crippen LogP contribution in [-0.4, -0.2) is 27.6 Å². The predicted octanol–water partition coefficient (Wildman–Crippen LogP) is 17.2. The number of fused-ring (bicyclic) bond motifs is 12. The third kappa shape index (κ3) is 6.73. The van der Waals surface area contributed by atoms with Gasteiger partial charge in [0.05, 0.1) is 0 Å². The van der Waals surface area contributed by atoms with Crippen LogP contribution in [0.1, 0.15) is 0 Å². The number of benzene rings is 11. The third-order valence-electron chi connectivity index (χ3n) is 15.2. The molecular weight excluding hydrogens is 998 g/mol. The van der Waals surface area contributed by atoms with E-state index in [1.807, 2.05) is 0 Å². The van der Waals surface area contributed by atoms with Gasteiger partial charge < -0.3 is 0 Å². The minimum atomic E-state index is -2.68. The molecule has 6 heteroatoms. The number of rotatable bonds is 8. The van der Waals surface area contributed by atoms with Crippen LogP contribution >= 0.6 is 0 Å². The molecule has 343 valence electrons. The van der Waals surface area contributed by atoms with Gasteiger partial charge in [-0.2, -0.15) is 0 Å². The van der Waals surface area contributed by atoms with Crippen molar-refractivity contribution in [2.45, 2.75) is 23.0 Å². The zero-order valence-electron chi connectivity index (χ0n) is 40.6. The van der Waals surface area contributed by atoms with E-state index in [9.17, 15) is 0 Å². The SMILES string of the molecule is [CH3][Ge]([CH3])[c]1c(-c2ccccc2)cccc1N(c1ccccc1)c1ccc2cc3c(cc2c1)oc1ccc2c4cc5ccc(N(c6ccccc6)c6cccc7[c]6[Ge]([CH3])([CH3])[c]6ccccc6-7)cc5cc4oc2c13. The molecule has 13 aromatic rings. The normalized spacial score (nSPS) is 13.0. The van der Waals surface area contributed by atoms with E-state index in [-0.39, 0.29) is 0 Å². The molecule has 0 fully saturated rings. The number of hydrogen-bond donors (Lipinski definition) is 0. The molecular formula is C66H49Ge2N2O2. The van der Waals surface area contributed by atoms with Crippen LogP contribution in [0.5, 0.6) is 0 Å². The summed E-state index contributed by atoms with van der Waals surface area (Å²) in [6.07, 6.45) is 0. The maximum atomic E-state index is 7.00. The van der Waals surface area contributed by atoms with Crippen LogP contribution in [0.15, 0.2) is 233 Å². The van der Waals surface area contributed by atoms with Gasteiger partial charge in [0.2, 0.25) is 0 Å². The molecule has 1 aliphatic heterocycles. The fourth-order valence-corrected chi connectivity index (χ4v) is 22.2. The second-order valence-corrected chi connectivity index (χ2v) is 34.3. The number of para-hydroxylation sites is 2. The van der Waals surface area contributed by atoms with Gasteiger partial charge in [0.15, 0.2) is 0 Å². The molecule has 0 bridgehead atoms. The van der Waals surface area contributed by atoms with Crippen molar-refractivity contribution < 1.29 is 8.83 Å². The van der Waals surface area contributed by atoms with Crippen molar-refractivity contribution in [2.75, 3.05) is 9.80 Å². The molecule has 11 aromatic carbocycles. The Bertz CT molecular complexity index is 4290. The molecule has 3 heterocycles. The summed E-state index contributed by atoms with van der Waals surface area (Å²) in [5.74, 6) is 10.0. The number of nitrogens with zero attached hydrogens (tertiary/aromatic N) is 2. The monoisotopic (exact) mass is 1050 g/mol. The van der Waals surface area contributed by atoms with E-state index >= 15 is 0 Å². The molecule has 14 rings (SSSR count). The number of anilines is 6. The first-order valence-corrected chi connectivity index (χ1v) is 36.4. The zero-order valence-corrected chi connectivity index (χ0v) is 44.8. The average Bonchev–Trinajstić information content (AvgIpc) is 4.04. The molecule has 4 nitrogen and oxygen atoms in total. The Balaban J connectivity index is 0.888. The molecule has 0 saturated carbocycles. The van der Waals surface area contributed by atoms with Crippen LogP contribution in [0.3, 0.4) is 0 Å². The number of furan rings is 2. The first kappa shape index (κ1) is 43.0. The third-order valence-corrected chi connectivity index (χ3v) is 25.8. The van der Waals surface area contributed by atoms with Crippen LogP contribution in [0.2, 0.25) is 23.0 Å². The van der Waals surface area contributed by atoms with Crippen molar-refractivity contribution in [3.05, 3.63) is 224 Å². The van der Waals surface area contributed by atoms with Gasteiger partial charge in [-0.25, -0.2) is 0 Å². The molecule has 0 aliphatic carbocycles. The van der Waals surface area contributed by atoms with Gasteiger partial charge in [0.1, 0.15) is 0 Å². The molecule has 2 aromatic heterocycles. The van der Waals surface area contributed by atoms with Crippen molar-refractivity contribution in [1.29, 1.82) is 0 Å². The summed E-state index contributed by atoms with van der Waals surface area (Å²) in [5.41, 5.74) is 15.8. The Hall–Kier alpha value is -7.77. The first-order valence-electron chi connectivity index (χ1n) is 24.9. The summed E-state index contributed by atoms with van der Waals surface area (Å²) < 4.78 is 18.3. The summed E-state index contributed by atoms with van der Waals surface area (Å²) >= 11 is -4.34. The fourth-order valence-electron chi connectivity index (χ4n) is 12.0. The molecule has 0 spiro atoms. The predicted molar refractivity (Wildman–Crippen MR) is 310 cm³/mol. The minimum absolute atomic E-state index is 0.818. The van der Waals surface area contributed by atoms with Crippen molar-refractivity contribution >= 4 is 140 Å². The summed E-state index contributed by atoms with van der Waals surface area (Å²) in [7, 11) is 0. The van der Waals surface area contributed by atoms with Crippen LogP contribution in [0.25, 0.3) is 87.7 Å². The van der Waals surface area contributed by atoms with Gasteiger partial charge in [-0.1, -0.05) is 0 Å². The van der Waals surface area contributed by atoms with Crippen LogP contribution in [0, 0.1) is 0 Å². The van der Waals surface area contributed by atoms with E-state index in [1.54, 1.807) is 4.40 Å². The second-order valence-electron chi connectivity index (χ2n) is 20.1. The maximum absolute atomic E-state index is 7.00. The molecule has 1 radical (unpaired) electrons. The van der Waals surface area contributed by atoms with Crippen molar-refractivity contribution in [3.63, 3.8) is 0 Å². The fraction of sp³-hybridized carbons (Fsp3) is 0.0606. The van der Waals surface area contributed by atoms with E-state index in [4.69, 9.17) is 8.83 Å². The molecule has 0 amide bonds. The van der Waals surface area contributed by atoms with Crippen molar-refractivity contribution in [2.24, 2.45) is 0 Å². The van der Waals surface area contributed by atoms with Gasteiger partial charge >= 0.3 is 429 Å². The summed E-state index contributed by atoms with van der Waals surface area (Å²) in [6.45, 7) is 0. The average molecular weight is 1050 g/mol. The Morgan fingerprint density at radius 3 is 1.61 bits per heavy atom. The molecule has 0 N–H and O–H groups in total. The Morgan fingerprint density at radius 1 is 0.389 bits per heavy atom. The molecule has 72 heavy (non-hydrogen) atoms. The van der Waals surface area contributed by atoms with Gasteiger partial charge in [-0.3, -0.25) is 0 Å². The van der Waals surface area contributed by atoms with Gasteiger partial charge in [-0.15, -0.1) is 0 Å². The molecule has 0 atom stereocenters. The van der Waals surface area contributed by atoms with Crippen molar-refractivity contribution in [1.82, 2.24) is 0 Å². The first-order chi connectivity index (χ1) is 35.3. The topological polar surface area (TPSA) is 32.8 Å². The standard InChI is InChI=1S/C66H49Ge2N2O2/c1-67(2)64-51(42-18-8-5-9-19-42)25-16-28-58(64)69(47-20-10-6-11-21-47)49-32-31-44-39-56-62(41-46(44)36-49)71-60-35-34-54-55-38-43-30-33-50(37-45(43)40-61(55)72-66(54)63(56)60)70(48-22-12-7-13-23-48)59-29-17-26-53-52-24-14-15-27-57(52)68(3,4)65(53)59/h5-41H,1-4H3. The Kier molecular flexibility index (Phi) is 9.96. The summed E-state index contributed by atoms with van der Waals surface area (Å²) in [5, 5.41) is 8.81. The second kappa shape index (κ2) is 16.7. The Morgan fingerprint density at radius 2 is 0.944 bits per heavy atom. The van der Waals surface area contributed by atoms with E-state index in [2.05, 4.69) is 257 Å². The van der Waals surface area contributed by atoms with Gasteiger partial charge in [0, 0.05) is 0 Å². The zero-order chi connectivity index (χ0) is 48.2. The van der Waals surface area contributed by atoms with Crippen LogP contribution in [0.4, 0.5) is 34.1 Å². The Labute approximate surface area is 425 Å². The summed E-state index contributed by atoms with van der Waals surface area (Å²) in [4.78, 5) is 4.92. The van der Waals surface area contributed by atoms with Gasteiger partial charge in [0.25, 0.3) is 0 Å². The number of hydrogen-bond acceptors (Lipinski definition) is 4.